The number of ketones is 1. The third-order valence-electron chi connectivity index (χ3n) is 5.50. The SMILES string of the molecule is Cn1ccnc1C(=O)c1ccc(N2CCCN(c3ncccc3C#N)CC2)c([N+](=O)[O-])c1. The van der Waals surface area contributed by atoms with Gasteiger partial charge in [-0.1, -0.05) is 0 Å². The van der Waals surface area contributed by atoms with E-state index in [9.17, 15) is 20.2 Å². The Hall–Kier alpha value is -4.26. The Morgan fingerprint density at radius 2 is 1.91 bits per heavy atom. The average Bonchev–Trinajstić information content (AvgIpc) is 3.09. The van der Waals surface area contributed by atoms with Crippen LogP contribution in [0.3, 0.4) is 0 Å². The van der Waals surface area contributed by atoms with Crippen molar-refractivity contribution in [3.63, 3.8) is 0 Å². The Bertz CT molecular complexity index is 1210. The summed E-state index contributed by atoms with van der Waals surface area (Å²) in [7, 11) is 1.70. The summed E-state index contributed by atoms with van der Waals surface area (Å²) in [5.41, 5.74) is 1.08. The van der Waals surface area contributed by atoms with Gasteiger partial charge in [0.2, 0.25) is 5.78 Å². The predicted octanol–water partition coefficient (Wildman–Crippen LogP) is 2.54. The molecule has 10 nitrogen and oxygen atoms in total. The summed E-state index contributed by atoms with van der Waals surface area (Å²) < 4.78 is 1.58. The first-order valence-electron chi connectivity index (χ1n) is 10.1. The van der Waals surface area contributed by atoms with E-state index in [1.807, 2.05) is 9.80 Å². The predicted molar refractivity (Wildman–Crippen MR) is 118 cm³/mol. The molecule has 1 saturated heterocycles. The molecule has 4 rings (SSSR count). The topological polar surface area (TPSA) is 121 Å². The highest BCUT2D eigenvalue weighted by atomic mass is 16.6. The van der Waals surface area contributed by atoms with Crippen LogP contribution in [0.1, 0.15) is 28.2 Å². The van der Waals surface area contributed by atoms with Gasteiger partial charge in [-0.15, -0.1) is 0 Å². The number of aryl methyl sites for hydroxylation is 1. The molecule has 0 unspecified atom stereocenters. The fourth-order valence-electron chi connectivity index (χ4n) is 3.90. The van der Waals surface area contributed by atoms with Crippen molar-refractivity contribution in [3.8, 4) is 6.07 Å². The second-order valence-electron chi connectivity index (χ2n) is 7.47. The quantitative estimate of drug-likeness (QED) is 0.343. The molecule has 3 aromatic rings. The first kappa shape index (κ1) is 21.0. The van der Waals surface area contributed by atoms with Gasteiger partial charge in [0.1, 0.15) is 17.6 Å². The summed E-state index contributed by atoms with van der Waals surface area (Å²) >= 11 is 0. The summed E-state index contributed by atoms with van der Waals surface area (Å²) in [5, 5.41) is 21.2. The standard InChI is InChI=1S/C22H21N7O3/c1-26-11-8-25-22(26)20(30)16-5-6-18(19(14-16)29(31)32)27-9-3-10-28(13-12-27)21-17(15-23)4-2-7-24-21/h2,4-8,11,14H,3,9-10,12-13H2,1H3. The number of carbonyl (C=O) groups is 1. The normalized spacial score (nSPS) is 14.0. The Labute approximate surface area is 184 Å². The molecule has 2 aromatic heterocycles. The molecule has 0 atom stereocenters. The number of hydrogen-bond acceptors (Lipinski definition) is 8. The Kier molecular flexibility index (Phi) is 5.81. The molecule has 1 fully saturated rings. The van der Waals surface area contributed by atoms with E-state index < -0.39 is 4.92 Å². The molecule has 1 aliphatic rings. The fraction of sp³-hybridized carbons (Fsp3) is 0.273. The zero-order valence-corrected chi connectivity index (χ0v) is 17.5. The number of nitriles is 1. The van der Waals surface area contributed by atoms with E-state index >= 15 is 0 Å². The zero-order chi connectivity index (χ0) is 22.7. The number of anilines is 2. The molecule has 0 N–H and O–H groups in total. The first-order valence-corrected chi connectivity index (χ1v) is 10.1. The maximum absolute atomic E-state index is 12.7. The molecule has 3 heterocycles. The molecule has 0 radical (unpaired) electrons. The number of rotatable bonds is 5. The highest BCUT2D eigenvalue weighted by Gasteiger charge is 2.26. The minimum atomic E-state index is -0.459. The molecule has 10 heteroatoms. The van der Waals surface area contributed by atoms with Crippen LogP contribution in [-0.2, 0) is 7.05 Å². The molecule has 1 aromatic carbocycles. The third-order valence-corrected chi connectivity index (χ3v) is 5.50. The number of nitrogens with zero attached hydrogens (tertiary/aromatic N) is 7. The molecule has 0 bridgehead atoms. The molecule has 0 saturated carbocycles. The molecule has 162 valence electrons. The summed E-state index contributed by atoms with van der Waals surface area (Å²) in [5.74, 6) is 0.483. The molecule has 0 aliphatic carbocycles. The number of benzene rings is 1. The summed E-state index contributed by atoms with van der Waals surface area (Å²) in [4.78, 5) is 36.5. The molecular formula is C22H21N7O3. The molecule has 0 spiro atoms. The number of nitro benzene ring substituents is 1. The van der Waals surface area contributed by atoms with E-state index in [4.69, 9.17) is 0 Å². The monoisotopic (exact) mass is 431 g/mol. The van der Waals surface area contributed by atoms with Crippen LogP contribution in [0.5, 0.6) is 0 Å². The van der Waals surface area contributed by atoms with Gasteiger partial charge in [0.05, 0.1) is 10.5 Å². The number of hydrogen-bond donors (Lipinski definition) is 0. The van der Waals surface area contributed by atoms with Crippen molar-refractivity contribution >= 4 is 23.0 Å². The number of carbonyl (C=O) groups excluding carboxylic acids is 1. The molecule has 0 amide bonds. The second-order valence-corrected chi connectivity index (χ2v) is 7.47. The van der Waals surface area contributed by atoms with Gasteiger partial charge in [-0.2, -0.15) is 5.26 Å². The molecule has 32 heavy (non-hydrogen) atoms. The van der Waals surface area contributed by atoms with Crippen molar-refractivity contribution < 1.29 is 9.72 Å². The van der Waals surface area contributed by atoms with Gasteiger partial charge >= 0.3 is 0 Å². The van der Waals surface area contributed by atoms with Crippen LogP contribution < -0.4 is 9.80 Å². The molecular weight excluding hydrogens is 410 g/mol. The summed E-state index contributed by atoms with van der Waals surface area (Å²) in [6.07, 6.45) is 5.56. The highest BCUT2D eigenvalue weighted by molar-refractivity contribution is 6.07. The largest absolute Gasteiger partial charge is 0.364 e. The maximum Gasteiger partial charge on any atom is 0.293 e. The van der Waals surface area contributed by atoms with E-state index in [-0.39, 0.29) is 22.9 Å². The minimum absolute atomic E-state index is 0.117. The minimum Gasteiger partial charge on any atom is -0.364 e. The van der Waals surface area contributed by atoms with E-state index in [0.717, 1.165) is 6.42 Å². The Morgan fingerprint density at radius 3 is 2.62 bits per heavy atom. The van der Waals surface area contributed by atoms with Crippen molar-refractivity contribution in [3.05, 3.63) is 76.0 Å². The van der Waals surface area contributed by atoms with Crippen molar-refractivity contribution in [1.29, 1.82) is 5.26 Å². The van der Waals surface area contributed by atoms with Crippen molar-refractivity contribution in [2.24, 2.45) is 7.05 Å². The lowest BCUT2D eigenvalue weighted by Crippen LogP contribution is -2.32. The van der Waals surface area contributed by atoms with Crippen LogP contribution in [0, 0.1) is 21.4 Å². The van der Waals surface area contributed by atoms with Crippen molar-refractivity contribution in [2.75, 3.05) is 36.0 Å². The van der Waals surface area contributed by atoms with Crippen LogP contribution in [0.4, 0.5) is 17.2 Å². The van der Waals surface area contributed by atoms with Gasteiger partial charge in [-0.05, 0) is 30.7 Å². The zero-order valence-electron chi connectivity index (χ0n) is 17.5. The van der Waals surface area contributed by atoms with Gasteiger partial charge < -0.3 is 14.4 Å². The fourth-order valence-corrected chi connectivity index (χ4v) is 3.90. The maximum atomic E-state index is 12.7. The van der Waals surface area contributed by atoms with Crippen molar-refractivity contribution in [1.82, 2.24) is 14.5 Å². The van der Waals surface area contributed by atoms with E-state index in [0.29, 0.717) is 43.2 Å². The smallest absolute Gasteiger partial charge is 0.293 e. The number of imidazole rings is 1. The number of pyridine rings is 1. The van der Waals surface area contributed by atoms with E-state index in [1.165, 1.54) is 12.3 Å². The van der Waals surface area contributed by atoms with Crippen molar-refractivity contribution in [2.45, 2.75) is 6.42 Å². The lowest BCUT2D eigenvalue weighted by Gasteiger charge is -2.24. The van der Waals surface area contributed by atoms with Gasteiger partial charge in [-0.25, -0.2) is 9.97 Å². The van der Waals surface area contributed by atoms with Crippen LogP contribution in [0.2, 0.25) is 0 Å². The van der Waals surface area contributed by atoms with E-state index in [1.54, 1.807) is 48.3 Å². The average molecular weight is 431 g/mol. The summed E-state index contributed by atoms with van der Waals surface area (Å²) in [6.45, 7) is 2.39. The van der Waals surface area contributed by atoms with Crippen LogP contribution in [0.25, 0.3) is 0 Å². The van der Waals surface area contributed by atoms with Gasteiger partial charge in [0, 0.05) is 63.4 Å². The summed E-state index contributed by atoms with van der Waals surface area (Å²) in [6, 6.07) is 10.2. The van der Waals surface area contributed by atoms with Gasteiger partial charge in [0.15, 0.2) is 5.82 Å². The Morgan fingerprint density at radius 1 is 1.12 bits per heavy atom. The Balaban J connectivity index is 1.59. The van der Waals surface area contributed by atoms with Gasteiger partial charge in [-0.3, -0.25) is 14.9 Å². The van der Waals surface area contributed by atoms with Crippen LogP contribution in [0.15, 0.2) is 48.9 Å². The lowest BCUT2D eigenvalue weighted by molar-refractivity contribution is -0.384. The highest BCUT2D eigenvalue weighted by Crippen LogP contribution is 2.31. The van der Waals surface area contributed by atoms with Crippen LogP contribution >= 0.6 is 0 Å². The van der Waals surface area contributed by atoms with Crippen LogP contribution in [-0.4, -0.2) is 51.4 Å². The third kappa shape index (κ3) is 4.00. The second kappa shape index (κ2) is 8.85. The molecule has 1 aliphatic heterocycles. The lowest BCUT2D eigenvalue weighted by atomic mass is 10.1. The first-order chi connectivity index (χ1) is 15.5. The number of nitro groups is 1. The van der Waals surface area contributed by atoms with Gasteiger partial charge in [0.25, 0.3) is 5.69 Å². The number of aromatic nitrogens is 3. The van der Waals surface area contributed by atoms with E-state index in [2.05, 4.69) is 16.0 Å².